The summed E-state index contributed by atoms with van der Waals surface area (Å²) in [4.78, 5) is 16.8. The van der Waals surface area contributed by atoms with Gasteiger partial charge in [0.25, 0.3) is 0 Å². The number of ether oxygens (including phenoxy) is 1. The molecule has 1 aromatic heterocycles. The topological polar surface area (TPSA) is 56.2 Å². The molecule has 25 heavy (non-hydrogen) atoms. The molecular formula is C20H29N3O2. The number of nitrogens with one attached hydrogen (secondary N) is 1. The Hall–Kier alpha value is -1.88. The normalized spacial score (nSPS) is 17.2. The highest BCUT2D eigenvalue weighted by atomic mass is 16.5. The minimum atomic E-state index is -0.237. The molecule has 1 aliphatic heterocycles. The van der Waals surface area contributed by atoms with Gasteiger partial charge in [-0.1, -0.05) is 31.9 Å². The van der Waals surface area contributed by atoms with Crippen molar-refractivity contribution >= 4 is 16.9 Å². The van der Waals surface area contributed by atoms with E-state index in [4.69, 9.17) is 9.72 Å². The van der Waals surface area contributed by atoms with E-state index in [9.17, 15) is 4.79 Å². The monoisotopic (exact) mass is 343 g/mol. The molecule has 1 aromatic carbocycles. The van der Waals surface area contributed by atoms with Gasteiger partial charge in [0.1, 0.15) is 11.9 Å². The lowest BCUT2D eigenvalue weighted by Crippen LogP contribution is -2.34. The second-order valence-corrected chi connectivity index (χ2v) is 6.77. The van der Waals surface area contributed by atoms with Gasteiger partial charge < -0.3 is 14.6 Å². The van der Waals surface area contributed by atoms with E-state index in [2.05, 4.69) is 35.0 Å². The molecule has 1 saturated heterocycles. The van der Waals surface area contributed by atoms with Crippen LogP contribution in [0.3, 0.4) is 0 Å². The van der Waals surface area contributed by atoms with Crippen LogP contribution in [0.1, 0.15) is 51.3 Å². The molecule has 1 unspecified atom stereocenters. The molecule has 0 saturated carbocycles. The van der Waals surface area contributed by atoms with Crippen LogP contribution in [0, 0.1) is 0 Å². The van der Waals surface area contributed by atoms with Gasteiger partial charge in [0.15, 0.2) is 0 Å². The lowest BCUT2D eigenvalue weighted by atomic mass is 10.2. The SMILES string of the molecule is CCCCCn1c(CCCNC(=O)C2CCCO2)nc2ccccc21. The third-order valence-electron chi connectivity index (χ3n) is 4.82. The van der Waals surface area contributed by atoms with Gasteiger partial charge in [0, 0.05) is 26.1 Å². The standard InChI is InChI=1S/C20H29N3O2/c1-2-3-6-14-23-17-10-5-4-9-16(17)22-19(23)12-7-13-21-20(24)18-11-8-15-25-18/h4-5,9-10,18H,2-3,6-8,11-15H2,1H3,(H,21,24). The van der Waals surface area contributed by atoms with Gasteiger partial charge in [-0.05, 0) is 37.8 Å². The highest BCUT2D eigenvalue weighted by molar-refractivity contribution is 5.80. The summed E-state index contributed by atoms with van der Waals surface area (Å²) in [6, 6.07) is 8.34. The summed E-state index contributed by atoms with van der Waals surface area (Å²) in [6.07, 6.45) is 7.01. The van der Waals surface area contributed by atoms with Crippen molar-refractivity contribution in [2.24, 2.45) is 0 Å². The molecule has 0 spiro atoms. The molecule has 136 valence electrons. The second-order valence-electron chi connectivity index (χ2n) is 6.77. The van der Waals surface area contributed by atoms with Gasteiger partial charge in [-0.25, -0.2) is 4.98 Å². The van der Waals surface area contributed by atoms with Crippen LogP contribution in [-0.4, -0.2) is 34.7 Å². The van der Waals surface area contributed by atoms with Crippen molar-refractivity contribution in [3.05, 3.63) is 30.1 Å². The Morgan fingerprint density at radius 1 is 1.32 bits per heavy atom. The molecule has 0 aliphatic carbocycles. The summed E-state index contributed by atoms with van der Waals surface area (Å²) >= 11 is 0. The van der Waals surface area contributed by atoms with Crippen molar-refractivity contribution in [1.82, 2.24) is 14.9 Å². The molecular weight excluding hydrogens is 314 g/mol. The molecule has 1 amide bonds. The fourth-order valence-electron chi connectivity index (χ4n) is 3.44. The first-order valence-electron chi connectivity index (χ1n) is 9.63. The van der Waals surface area contributed by atoms with Crippen LogP contribution in [0.2, 0.25) is 0 Å². The zero-order chi connectivity index (χ0) is 17.5. The number of fused-ring (bicyclic) bond motifs is 1. The Bertz CT molecular complexity index is 689. The lowest BCUT2D eigenvalue weighted by molar-refractivity contribution is -0.130. The number of amides is 1. The molecule has 1 aliphatic rings. The van der Waals surface area contributed by atoms with Gasteiger partial charge in [0.2, 0.25) is 5.91 Å². The van der Waals surface area contributed by atoms with E-state index in [0.717, 1.165) is 43.6 Å². The zero-order valence-corrected chi connectivity index (χ0v) is 15.2. The van der Waals surface area contributed by atoms with E-state index in [1.165, 1.54) is 24.8 Å². The number of imidazole rings is 1. The Morgan fingerprint density at radius 2 is 2.20 bits per heavy atom. The number of carbonyl (C=O) groups excluding carboxylic acids is 1. The van der Waals surface area contributed by atoms with Crippen molar-refractivity contribution in [3.8, 4) is 0 Å². The molecule has 0 radical (unpaired) electrons. The van der Waals surface area contributed by atoms with Crippen LogP contribution in [0.15, 0.2) is 24.3 Å². The van der Waals surface area contributed by atoms with E-state index < -0.39 is 0 Å². The predicted octanol–water partition coefficient (Wildman–Crippen LogP) is 3.45. The maximum Gasteiger partial charge on any atom is 0.249 e. The van der Waals surface area contributed by atoms with E-state index in [1.54, 1.807) is 0 Å². The number of carbonyl (C=O) groups is 1. The van der Waals surface area contributed by atoms with Crippen LogP contribution >= 0.6 is 0 Å². The van der Waals surface area contributed by atoms with Gasteiger partial charge in [-0.15, -0.1) is 0 Å². The quantitative estimate of drug-likeness (QED) is 0.710. The van der Waals surface area contributed by atoms with Crippen LogP contribution < -0.4 is 5.32 Å². The Labute approximate surface area is 149 Å². The minimum absolute atomic E-state index is 0.0361. The molecule has 0 bridgehead atoms. The Balaban J connectivity index is 1.56. The largest absolute Gasteiger partial charge is 0.368 e. The summed E-state index contributed by atoms with van der Waals surface area (Å²) < 4.78 is 7.77. The van der Waals surface area contributed by atoms with Crippen molar-refractivity contribution < 1.29 is 9.53 Å². The molecule has 5 heteroatoms. The molecule has 1 atom stereocenters. The highest BCUT2D eigenvalue weighted by Crippen LogP contribution is 2.18. The molecule has 2 heterocycles. The average molecular weight is 343 g/mol. The first-order chi connectivity index (χ1) is 12.3. The van der Waals surface area contributed by atoms with Crippen LogP contribution in [0.4, 0.5) is 0 Å². The summed E-state index contributed by atoms with van der Waals surface area (Å²) in [6.45, 7) is 4.63. The van der Waals surface area contributed by atoms with Crippen molar-refractivity contribution in [1.29, 1.82) is 0 Å². The number of aromatic nitrogens is 2. The smallest absolute Gasteiger partial charge is 0.249 e. The maximum absolute atomic E-state index is 12.0. The second kappa shape index (κ2) is 8.99. The first kappa shape index (κ1) is 17.9. The predicted molar refractivity (Wildman–Crippen MR) is 99.6 cm³/mol. The number of rotatable bonds is 9. The van der Waals surface area contributed by atoms with E-state index in [1.807, 2.05) is 6.07 Å². The average Bonchev–Trinajstić information content (AvgIpc) is 3.27. The molecule has 3 rings (SSSR count). The van der Waals surface area contributed by atoms with Crippen LogP contribution in [0.5, 0.6) is 0 Å². The van der Waals surface area contributed by atoms with Crippen LogP contribution in [0.25, 0.3) is 11.0 Å². The molecule has 1 fully saturated rings. The number of aryl methyl sites for hydroxylation is 2. The summed E-state index contributed by atoms with van der Waals surface area (Å²) in [5.74, 6) is 1.16. The van der Waals surface area contributed by atoms with Crippen molar-refractivity contribution in [2.75, 3.05) is 13.2 Å². The number of nitrogens with zero attached hydrogens (tertiary/aromatic N) is 2. The first-order valence-corrected chi connectivity index (χ1v) is 9.63. The summed E-state index contributed by atoms with van der Waals surface area (Å²) in [5, 5.41) is 3.00. The van der Waals surface area contributed by atoms with Gasteiger partial charge >= 0.3 is 0 Å². The lowest BCUT2D eigenvalue weighted by Gasteiger charge is -2.11. The Morgan fingerprint density at radius 3 is 3.00 bits per heavy atom. The van der Waals surface area contributed by atoms with Gasteiger partial charge in [-0.2, -0.15) is 0 Å². The minimum Gasteiger partial charge on any atom is -0.368 e. The Kier molecular flexibility index (Phi) is 6.45. The highest BCUT2D eigenvalue weighted by Gasteiger charge is 2.22. The number of para-hydroxylation sites is 2. The van der Waals surface area contributed by atoms with Crippen LogP contribution in [-0.2, 0) is 22.5 Å². The van der Waals surface area contributed by atoms with E-state index in [-0.39, 0.29) is 12.0 Å². The van der Waals surface area contributed by atoms with E-state index in [0.29, 0.717) is 13.2 Å². The maximum atomic E-state index is 12.0. The number of unbranched alkanes of at least 4 members (excludes halogenated alkanes) is 2. The van der Waals surface area contributed by atoms with Gasteiger partial charge in [0.05, 0.1) is 11.0 Å². The molecule has 1 N–H and O–H groups in total. The van der Waals surface area contributed by atoms with Crippen molar-refractivity contribution in [3.63, 3.8) is 0 Å². The number of benzene rings is 1. The number of hydrogen-bond donors (Lipinski definition) is 1. The summed E-state index contributed by atoms with van der Waals surface area (Å²) in [7, 11) is 0. The molecule has 2 aromatic rings. The van der Waals surface area contributed by atoms with Gasteiger partial charge in [-0.3, -0.25) is 4.79 Å². The van der Waals surface area contributed by atoms with Crippen molar-refractivity contribution in [2.45, 2.75) is 64.5 Å². The summed E-state index contributed by atoms with van der Waals surface area (Å²) in [5.41, 5.74) is 2.29. The zero-order valence-electron chi connectivity index (χ0n) is 15.2. The fraction of sp³-hybridized carbons (Fsp3) is 0.600. The van der Waals surface area contributed by atoms with E-state index >= 15 is 0 Å². The third kappa shape index (κ3) is 4.60. The molecule has 5 nitrogen and oxygen atoms in total. The number of hydrogen-bond acceptors (Lipinski definition) is 3. The fourth-order valence-corrected chi connectivity index (χ4v) is 3.44. The third-order valence-corrected chi connectivity index (χ3v) is 4.82.